The number of nitrogens with one attached hydrogen (secondary N) is 2. The fourth-order valence-corrected chi connectivity index (χ4v) is 1.42. The van der Waals surface area contributed by atoms with Gasteiger partial charge in [-0.25, -0.2) is 0 Å². The third-order valence-electron chi connectivity index (χ3n) is 2.09. The molecular weight excluding hydrogens is 224 g/mol. The van der Waals surface area contributed by atoms with E-state index in [1.807, 2.05) is 18.2 Å². The van der Waals surface area contributed by atoms with Gasteiger partial charge in [-0.1, -0.05) is 19.1 Å². The Hall–Kier alpha value is -1.06. The number of hydrogen-bond donors (Lipinski definition) is 2. The largest absolute Gasteiger partial charge is 0.326 e. The van der Waals surface area contributed by atoms with E-state index in [0.717, 1.165) is 25.2 Å². The van der Waals surface area contributed by atoms with Gasteiger partial charge in [-0.15, -0.1) is 12.4 Å². The molecular formula is C12H19ClN2O. The van der Waals surface area contributed by atoms with Crippen LogP contribution < -0.4 is 10.6 Å². The topological polar surface area (TPSA) is 41.1 Å². The van der Waals surface area contributed by atoms with Crippen molar-refractivity contribution in [1.82, 2.24) is 5.32 Å². The summed E-state index contributed by atoms with van der Waals surface area (Å²) < 4.78 is 0. The molecule has 0 spiro atoms. The van der Waals surface area contributed by atoms with Gasteiger partial charge in [0.25, 0.3) is 0 Å². The number of amides is 1. The van der Waals surface area contributed by atoms with E-state index in [9.17, 15) is 4.79 Å². The molecule has 0 aliphatic heterocycles. The molecule has 0 aliphatic carbocycles. The molecule has 0 radical (unpaired) electrons. The Balaban J connectivity index is 0.00000225. The first kappa shape index (κ1) is 14.9. The smallest absolute Gasteiger partial charge is 0.221 e. The predicted molar refractivity (Wildman–Crippen MR) is 70.2 cm³/mol. The molecule has 0 saturated carbocycles. The molecule has 3 nitrogen and oxygen atoms in total. The van der Waals surface area contributed by atoms with Gasteiger partial charge < -0.3 is 10.6 Å². The summed E-state index contributed by atoms with van der Waals surface area (Å²) >= 11 is 0. The van der Waals surface area contributed by atoms with Crippen LogP contribution in [-0.4, -0.2) is 19.0 Å². The standard InChI is InChI=1S/C12H18N2O.ClH/c1-3-13-8-7-11-5-4-6-12(9-11)14-10(2)15;/h4-6,9,13H,3,7-8H2,1-2H3,(H,14,15);1H. The molecule has 16 heavy (non-hydrogen) atoms. The summed E-state index contributed by atoms with van der Waals surface area (Å²) in [6.07, 6.45) is 0.987. The number of benzene rings is 1. The second-order valence-corrected chi connectivity index (χ2v) is 3.49. The van der Waals surface area contributed by atoms with E-state index in [1.165, 1.54) is 12.5 Å². The van der Waals surface area contributed by atoms with Crippen LogP contribution in [0.3, 0.4) is 0 Å². The Kier molecular flexibility index (Phi) is 7.60. The first-order valence-electron chi connectivity index (χ1n) is 5.29. The lowest BCUT2D eigenvalue weighted by molar-refractivity contribution is -0.114. The molecule has 0 unspecified atom stereocenters. The first-order valence-corrected chi connectivity index (χ1v) is 5.29. The highest BCUT2D eigenvalue weighted by atomic mass is 35.5. The van der Waals surface area contributed by atoms with Crippen LogP contribution in [0.25, 0.3) is 0 Å². The van der Waals surface area contributed by atoms with Crippen LogP contribution in [-0.2, 0) is 11.2 Å². The molecule has 1 aromatic rings. The SMILES string of the molecule is CCNCCc1cccc(NC(C)=O)c1.Cl. The van der Waals surface area contributed by atoms with Crippen molar-refractivity contribution in [2.24, 2.45) is 0 Å². The summed E-state index contributed by atoms with van der Waals surface area (Å²) in [5.41, 5.74) is 2.11. The molecule has 1 amide bonds. The van der Waals surface area contributed by atoms with Crippen molar-refractivity contribution in [3.8, 4) is 0 Å². The number of hydrogen-bond acceptors (Lipinski definition) is 2. The van der Waals surface area contributed by atoms with Gasteiger partial charge in [0.15, 0.2) is 0 Å². The van der Waals surface area contributed by atoms with Gasteiger partial charge in [-0.05, 0) is 37.2 Å². The van der Waals surface area contributed by atoms with E-state index in [2.05, 4.69) is 23.6 Å². The van der Waals surface area contributed by atoms with Crippen molar-refractivity contribution < 1.29 is 4.79 Å². The fraction of sp³-hybridized carbons (Fsp3) is 0.417. The van der Waals surface area contributed by atoms with Crippen LogP contribution in [0, 0.1) is 0 Å². The van der Waals surface area contributed by atoms with Crippen LogP contribution in [0.4, 0.5) is 5.69 Å². The number of anilines is 1. The quantitative estimate of drug-likeness (QED) is 0.778. The second kappa shape index (κ2) is 8.13. The average molecular weight is 243 g/mol. The molecule has 0 bridgehead atoms. The van der Waals surface area contributed by atoms with Gasteiger partial charge in [0.05, 0.1) is 0 Å². The second-order valence-electron chi connectivity index (χ2n) is 3.49. The zero-order chi connectivity index (χ0) is 11.1. The Morgan fingerprint density at radius 1 is 1.38 bits per heavy atom. The summed E-state index contributed by atoms with van der Waals surface area (Å²) in [7, 11) is 0. The maximum atomic E-state index is 10.9. The van der Waals surface area contributed by atoms with E-state index in [0.29, 0.717) is 0 Å². The summed E-state index contributed by atoms with van der Waals surface area (Å²) in [5, 5.41) is 6.05. The lowest BCUT2D eigenvalue weighted by atomic mass is 10.1. The van der Waals surface area contributed by atoms with E-state index < -0.39 is 0 Å². The molecule has 4 heteroatoms. The van der Waals surface area contributed by atoms with Crippen LogP contribution >= 0.6 is 12.4 Å². The zero-order valence-electron chi connectivity index (χ0n) is 9.75. The number of carbonyl (C=O) groups is 1. The van der Waals surface area contributed by atoms with Crippen LogP contribution in [0.1, 0.15) is 19.4 Å². The van der Waals surface area contributed by atoms with E-state index >= 15 is 0 Å². The number of carbonyl (C=O) groups excluding carboxylic acids is 1. The summed E-state index contributed by atoms with van der Waals surface area (Å²) in [6, 6.07) is 7.95. The number of halogens is 1. The van der Waals surface area contributed by atoms with Gasteiger partial charge in [0.2, 0.25) is 5.91 Å². The van der Waals surface area contributed by atoms with Crippen LogP contribution in [0.15, 0.2) is 24.3 Å². The lowest BCUT2D eigenvalue weighted by Gasteiger charge is -2.05. The maximum absolute atomic E-state index is 10.9. The average Bonchev–Trinajstić information content (AvgIpc) is 2.18. The first-order chi connectivity index (χ1) is 7.22. The van der Waals surface area contributed by atoms with Crippen molar-refractivity contribution in [1.29, 1.82) is 0 Å². The molecule has 1 rings (SSSR count). The van der Waals surface area contributed by atoms with Gasteiger partial charge in [-0.2, -0.15) is 0 Å². The van der Waals surface area contributed by atoms with Crippen molar-refractivity contribution in [3.63, 3.8) is 0 Å². The molecule has 0 saturated heterocycles. The molecule has 0 atom stereocenters. The van der Waals surface area contributed by atoms with Gasteiger partial charge in [0, 0.05) is 12.6 Å². The Morgan fingerprint density at radius 3 is 2.75 bits per heavy atom. The molecule has 0 aliphatic rings. The number of likely N-dealkylation sites (N-methyl/N-ethyl adjacent to an activating group) is 1. The van der Waals surface area contributed by atoms with Crippen molar-refractivity contribution in [3.05, 3.63) is 29.8 Å². The summed E-state index contributed by atoms with van der Waals surface area (Å²) in [6.45, 7) is 5.57. The lowest BCUT2D eigenvalue weighted by Crippen LogP contribution is -2.16. The van der Waals surface area contributed by atoms with E-state index in [1.54, 1.807) is 0 Å². The van der Waals surface area contributed by atoms with E-state index in [4.69, 9.17) is 0 Å². The van der Waals surface area contributed by atoms with Crippen molar-refractivity contribution >= 4 is 24.0 Å². The van der Waals surface area contributed by atoms with Gasteiger partial charge in [-0.3, -0.25) is 4.79 Å². The monoisotopic (exact) mass is 242 g/mol. The predicted octanol–water partition coefficient (Wildman–Crippen LogP) is 2.22. The van der Waals surface area contributed by atoms with Crippen LogP contribution in [0.5, 0.6) is 0 Å². The maximum Gasteiger partial charge on any atom is 0.221 e. The summed E-state index contributed by atoms with van der Waals surface area (Å²) in [5.74, 6) is -0.0289. The van der Waals surface area contributed by atoms with Gasteiger partial charge in [0.1, 0.15) is 0 Å². The minimum absolute atomic E-state index is 0. The number of rotatable bonds is 5. The third-order valence-corrected chi connectivity index (χ3v) is 2.09. The Morgan fingerprint density at radius 2 is 2.12 bits per heavy atom. The molecule has 1 aromatic carbocycles. The normalized spacial score (nSPS) is 9.38. The highest BCUT2D eigenvalue weighted by molar-refractivity contribution is 5.88. The van der Waals surface area contributed by atoms with Crippen molar-refractivity contribution in [2.75, 3.05) is 18.4 Å². The highest BCUT2D eigenvalue weighted by Gasteiger charge is 1.97. The molecule has 2 N–H and O–H groups in total. The summed E-state index contributed by atoms with van der Waals surface area (Å²) in [4.78, 5) is 10.9. The third kappa shape index (κ3) is 5.73. The zero-order valence-corrected chi connectivity index (χ0v) is 10.6. The van der Waals surface area contributed by atoms with Crippen LogP contribution in [0.2, 0.25) is 0 Å². The van der Waals surface area contributed by atoms with Gasteiger partial charge >= 0.3 is 0 Å². The van der Waals surface area contributed by atoms with E-state index in [-0.39, 0.29) is 18.3 Å². The molecule has 90 valence electrons. The highest BCUT2D eigenvalue weighted by Crippen LogP contribution is 2.10. The molecule has 0 fully saturated rings. The Bertz CT molecular complexity index is 329. The van der Waals surface area contributed by atoms with Crippen molar-refractivity contribution in [2.45, 2.75) is 20.3 Å². The minimum atomic E-state index is -0.0289. The Labute approximate surface area is 103 Å². The minimum Gasteiger partial charge on any atom is -0.326 e. The fourth-order valence-electron chi connectivity index (χ4n) is 1.42. The molecule has 0 aromatic heterocycles. The molecule has 0 heterocycles.